The fourth-order valence-corrected chi connectivity index (χ4v) is 2.80. The van der Waals surface area contributed by atoms with Crippen LogP contribution in [0.1, 0.15) is 18.3 Å². The van der Waals surface area contributed by atoms with Gasteiger partial charge in [-0.15, -0.1) is 0 Å². The molecule has 3 aromatic rings. The third-order valence-corrected chi connectivity index (χ3v) is 3.90. The van der Waals surface area contributed by atoms with Gasteiger partial charge in [-0.3, -0.25) is 9.97 Å². The van der Waals surface area contributed by atoms with Crippen molar-refractivity contribution in [2.75, 3.05) is 11.9 Å². The molecular weight excluding hydrogens is 284 g/mol. The monoisotopic (exact) mass is 300 g/mol. The first-order valence-corrected chi connectivity index (χ1v) is 7.61. The lowest BCUT2D eigenvalue weighted by Crippen LogP contribution is -2.02. The highest BCUT2D eigenvalue weighted by Gasteiger charge is 2.05. The van der Waals surface area contributed by atoms with Crippen LogP contribution in [0, 0.1) is 6.92 Å². The van der Waals surface area contributed by atoms with Gasteiger partial charge in [0.15, 0.2) is 5.13 Å². The lowest BCUT2D eigenvalue weighted by atomic mass is 10.3. The van der Waals surface area contributed by atoms with Crippen LogP contribution in [0.15, 0.2) is 30.6 Å². The number of thiazole rings is 1. The average Bonchev–Trinajstić information content (AvgIpc) is 2.89. The molecule has 3 rings (SSSR count). The Bertz CT molecular complexity index is 739. The molecule has 0 saturated heterocycles. The number of aromatic nitrogens is 3. The van der Waals surface area contributed by atoms with Crippen molar-refractivity contribution in [1.29, 1.82) is 0 Å². The van der Waals surface area contributed by atoms with Gasteiger partial charge in [0.25, 0.3) is 0 Å². The Morgan fingerprint density at radius 1 is 1.24 bits per heavy atom. The molecule has 0 unspecified atom stereocenters. The van der Waals surface area contributed by atoms with E-state index in [-0.39, 0.29) is 0 Å². The van der Waals surface area contributed by atoms with E-state index >= 15 is 0 Å². The number of fused-ring (bicyclic) bond motifs is 1. The summed E-state index contributed by atoms with van der Waals surface area (Å²) in [6.45, 7) is 5.19. The molecule has 5 nitrogen and oxygen atoms in total. The summed E-state index contributed by atoms with van der Waals surface area (Å²) < 4.78 is 6.61. The summed E-state index contributed by atoms with van der Waals surface area (Å²) in [6.07, 6.45) is 3.55. The normalized spacial score (nSPS) is 10.8. The zero-order valence-electron chi connectivity index (χ0n) is 12.0. The zero-order chi connectivity index (χ0) is 14.7. The second-order valence-corrected chi connectivity index (χ2v) is 5.61. The molecule has 0 aliphatic carbocycles. The Morgan fingerprint density at radius 3 is 2.90 bits per heavy atom. The van der Waals surface area contributed by atoms with Crippen LogP contribution in [0.4, 0.5) is 5.13 Å². The van der Waals surface area contributed by atoms with Crippen molar-refractivity contribution in [1.82, 2.24) is 15.0 Å². The molecule has 108 valence electrons. The highest BCUT2D eigenvalue weighted by atomic mass is 32.1. The van der Waals surface area contributed by atoms with E-state index in [0.717, 1.165) is 32.5 Å². The van der Waals surface area contributed by atoms with E-state index < -0.39 is 0 Å². The minimum atomic E-state index is 0.616. The summed E-state index contributed by atoms with van der Waals surface area (Å²) in [5.41, 5.74) is 2.79. The van der Waals surface area contributed by atoms with E-state index in [1.165, 1.54) is 0 Å². The quantitative estimate of drug-likeness (QED) is 0.782. The van der Waals surface area contributed by atoms with Crippen molar-refractivity contribution < 1.29 is 4.74 Å². The van der Waals surface area contributed by atoms with Gasteiger partial charge < -0.3 is 10.1 Å². The highest BCUT2D eigenvalue weighted by molar-refractivity contribution is 7.22. The molecule has 0 aliphatic heterocycles. The maximum Gasteiger partial charge on any atom is 0.184 e. The van der Waals surface area contributed by atoms with Gasteiger partial charge in [-0.05, 0) is 32.0 Å². The van der Waals surface area contributed by atoms with Crippen LogP contribution in [-0.4, -0.2) is 21.6 Å². The van der Waals surface area contributed by atoms with E-state index in [1.807, 2.05) is 32.0 Å². The SMILES string of the molecule is CCOc1ccc2nc(NCc3cnc(C)cn3)sc2c1. The van der Waals surface area contributed by atoms with E-state index in [4.69, 9.17) is 4.74 Å². The van der Waals surface area contributed by atoms with Crippen molar-refractivity contribution in [2.24, 2.45) is 0 Å². The molecule has 0 bridgehead atoms. The molecule has 1 aromatic carbocycles. The molecule has 0 saturated carbocycles. The van der Waals surface area contributed by atoms with Gasteiger partial charge >= 0.3 is 0 Å². The second-order valence-electron chi connectivity index (χ2n) is 4.58. The number of ether oxygens (including phenoxy) is 1. The molecular formula is C15H16N4OS. The number of aryl methyl sites for hydroxylation is 1. The third kappa shape index (κ3) is 3.28. The molecule has 21 heavy (non-hydrogen) atoms. The maximum atomic E-state index is 5.50. The molecule has 6 heteroatoms. The molecule has 0 aliphatic rings. The minimum Gasteiger partial charge on any atom is -0.494 e. The number of hydrogen-bond donors (Lipinski definition) is 1. The van der Waals surface area contributed by atoms with Gasteiger partial charge in [0, 0.05) is 6.20 Å². The number of benzene rings is 1. The summed E-state index contributed by atoms with van der Waals surface area (Å²) in [5.74, 6) is 0.879. The van der Waals surface area contributed by atoms with Gasteiger partial charge in [-0.1, -0.05) is 11.3 Å². The lowest BCUT2D eigenvalue weighted by Gasteiger charge is -2.01. The summed E-state index contributed by atoms with van der Waals surface area (Å²) in [7, 11) is 0. The minimum absolute atomic E-state index is 0.616. The lowest BCUT2D eigenvalue weighted by molar-refractivity contribution is 0.341. The van der Waals surface area contributed by atoms with E-state index in [2.05, 4.69) is 20.3 Å². The smallest absolute Gasteiger partial charge is 0.184 e. The predicted octanol–water partition coefficient (Wildman–Crippen LogP) is 3.41. The molecule has 1 N–H and O–H groups in total. The molecule has 0 amide bonds. The number of hydrogen-bond acceptors (Lipinski definition) is 6. The predicted molar refractivity (Wildman–Crippen MR) is 84.9 cm³/mol. The van der Waals surface area contributed by atoms with Crippen LogP contribution in [0.2, 0.25) is 0 Å². The van der Waals surface area contributed by atoms with E-state index in [1.54, 1.807) is 23.7 Å². The molecule has 0 spiro atoms. The van der Waals surface area contributed by atoms with E-state index in [0.29, 0.717) is 13.2 Å². The molecule has 0 fully saturated rings. The standard InChI is InChI=1S/C15H16N4OS/c1-3-20-12-4-5-13-14(6-12)21-15(19-13)18-9-11-8-16-10(2)7-17-11/h4-8H,3,9H2,1-2H3,(H,18,19). The fourth-order valence-electron chi connectivity index (χ4n) is 1.91. The van der Waals surface area contributed by atoms with Crippen LogP contribution in [0.25, 0.3) is 10.2 Å². The van der Waals surface area contributed by atoms with Crippen molar-refractivity contribution in [2.45, 2.75) is 20.4 Å². The van der Waals surface area contributed by atoms with Crippen LogP contribution in [0.3, 0.4) is 0 Å². The summed E-state index contributed by atoms with van der Waals surface area (Å²) in [6, 6.07) is 5.95. The Labute approximate surface area is 127 Å². The van der Waals surface area contributed by atoms with Crippen molar-refractivity contribution in [3.63, 3.8) is 0 Å². The van der Waals surface area contributed by atoms with Gasteiger partial charge in [0.05, 0.1) is 41.0 Å². The van der Waals surface area contributed by atoms with Crippen molar-refractivity contribution in [3.8, 4) is 5.75 Å². The first-order valence-electron chi connectivity index (χ1n) is 6.79. The highest BCUT2D eigenvalue weighted by Crippen LogP contribution is 2.29. The van der Waals surface area contributed by atoms with Crippen LogP contribution < -0.4 is 10.1 Å². The summed E-state index contributed by atoms with van der Waals surface area (Å²) >= 11 is 1.61. The van der Waals surface area contributed by atoms with Gasteiger partial charge in [0.1, 0.15) is 5.75 Å². The number of nitrogens with zero attached hydrogens (tertiary/aromatic N) is 3. The summed E-state index contributed by atoms with van der Waals surface area (Å²) in [4.78, 5) is 13.1. The third-order valence-electron chi connectivity index (χ3n) is 2.93. The van der Waals surface area contributed by atoms with Crippen molar-refractivity contribution in [3.05, 3.63) is 42.0 Å². The Balaban J connectivity index is 1.73. The summed E-state index contributed by atoms with van der Waals surface area (Å²) in [5, 5.41) is 4.16. The van der Waals surface area contributed by atoms with Gasteiger partial charge in [0.2, 0.25) is 0 Å². The maximum absolute atomic E-state index is 5.50. The zero-order valence-corrected chi connectivity index (χ0v) is 12.8. The Morgan fingerprint density at radius 2 is 2.14 bits per heavy atom. The first kappa shape index (κ1) is 13.8. The fraction of sp³-hybridized carbons (Fsp3) is 0.267. The first-order chi connectivity index (χ1) is 10.2. The second kappa shape index (κ2) is 6.05. The number of nitrogens with one attached hydrogen (secondary N) is 1. The van der Waals surface area contributed by atoms with Crippen LogP contribution >= 0.6 is 11.3 Å². The van der Waals surface area contributed by atoms with Crippen LogP contribution in [-0.2, 0) is 6.54 Å². The number of rotatable bonds is 5. The van der Waals surface area contributed by atoms with Crippen molar-refractivity contribution >= 4 is 26.7 Å². The molecule has 0 radical (unpaired) electrons. The molecule has 2 aromatic heterocycles. The van der Waals surface area contributed by atoms with Gasteiger partial charge in [-0.25, -0.2) is 4.98 Å². The largest absolute Gasteiger partial charge is 0.494 e. The Hall–Kier alpha value is -2.21. The van der Waals surface area contributed by atoms with E-state index in [9.17, 15) is 0 Å². The van der Waals surface area contributed by atoms with Gasteiger partial charge in [-0.2, -0.15) is 0 Å². The Kier molecular flexibility index (Phi) is 3.96. The molecule has 2 heterocycles. The topological polar surface area (TPSA) is 59.9 Å². The van der Waals surface area contributed by atoms with Crippen LogP contribution in [0.5, 0.6) is 5.75 Å². The average molecular weight is 300 g/mol. The molecule has 0 atom stereocenters. The number of anilines is 1.